The minimum atomic E-state index is -4.70. The molecule has 120 valence electrons. The van der Waals surface area contributed by atoms with Crippen LogP contribution >= 0.6 is 0 Å². The molecule has 2 heterocycles. The number of halogens is 3. The number of anilines is 1. The van der Waals surface area contributed by atoms with Crippen LogP contribution in [0.5, 0.6) is 5.75 Å². The van der Waals surface area contributed by atoms with Crippen LogP contribution in [0, 0.1) is 13.8 Å². The molecule has 2 rings (SSSR count). The fourth-order valence-corrected chi connectivity index (χ4v) is 2.03. The molecule has 0 radical (unpaired) electrons. The van der Waals surface area contributed by atoms with Gasteiger partial charge in [0.05, 0.1) is 11.9 Å². The van der Waals surface area contributed by atoms with Gasteiger partial charge in [-0.3, -0.25) is 4.68 Å². The molecule has 0 saturated heterocycles. The van der Waals surface area contributed by atoms with Crippen LogP contribution in [-0.4, -0.2) is 27.7 Å². The van der Waals surface area contributed by atoms with Crippen molar-refractivity contribution >= 4 is 5.82 Å². The highest BCUT2D eigenvalue weighted by Crippen LogP contribution is 2.22. The lowest BCUT2D eigenvalue weighted by Crippen LogP contribution is -2.17. The zero-order valence-corrected chi connectivity index (χ0v) is 12.3. The molecule has 0 aliphatic carbocycles. The van der Waals surface area contributed by atoms with E-state index in [0.717, 1.165) is 30.6 Å². The third kappa shape index (κ3) is 4.94. The van der Waals surface area contributed by atoms with E-state index in [-0.39, 0.29) is 5.75 Å². The summed E-state index contributed by atoms with van der Waals surface area (Å²) < 4.78 is 41.7. The first-order valence-corrected chi connectivity index (χ1v) is 6.80. The summed E-state index contributed by atoms with van der Waals surface area (Å²) in [6, 6.07) is 4.68. The highest BCUT2D eigenvalue weighted by atomic mass is 19.4. The fourth-order valence-electron chi connectivity index (χ4n) is 2.03. The molecular formula is C14H17F3N4O. The summed E-state index contributed by atoms with van der Waals surface area (Å²) >= 11 is 0. The maximum Gasteiger partial charge on any atom is 0.573 e. The molecular weight excluding hydrogens is 297 g/mol. The van der Waals surface area contributed by atoms with Gasteiger partial charge in [0, 0.05) is 18.8 Å². The van der Waals surface area contributed by atoms with Crippen molar-refractivity contribution in [3.8, 4) is 5.75 Å². The molecule has 5 nitrogen and oxygen atoms in total. The predicted molar refractivity (Wildman–Crippen MR) is 75.7 cm³/mol. The van der Waals surface area contributed by atoms with Gasteiger partial charge in [-0.05, 0) is 38.5 Å². The Morgan fingerprint density at radius 1 is 1.27 bits per heavy atom. The third-order valence-electron chi connectivity index (χ3n) is 2.93. The fraction of sp³-hybridized carbons (Fsp3) is 0.429. The van der Waals surface area contributed by atoms with Gasteiger partial charge >= 0.3 is 6.36 Å². The zero-order valence-electron chi connectivity index (χ0n) is 12.3. The highest BCUT2D eigenvalue weighted by Gasteiger charge is 2.31. The van der Waals surface area contributed by atoms with Crippen molar-refractivity contribution in [1.29, 1.82) is 0 Å². The molecule has 0 unspecified atom stereocenters. The van der Waals surface area contributed by atoms with E-state index in [2.05, 4.69) is 20.1 Å². The van der Waals surface area contributed by atoms with Gasteiger partial charge in [-0.2, -0.15) is 5.10 Å². The molecule has 0 atom stereocenters. The van der Waals surface area contributed by atoms with Gasteiger partial charge in [0.15, 0.2) is 0 Å². The molecule has 0 fully saturated rings. The van der Waals surface area contributed by atoms with Gasteiger partial charge in [0.25, 0.3) is 0 Å². The van der Waals surface area contributed by atoms with E-state index in [0.29, 0.717) is 12.4 Å². The van der Waals surface area contributed by atoms with Crippen molar-refractivity contribution in [2.24, 2.45) is 0 Å². The van der Waals surface area contributed by atoms with E-state index in [1.165, 1.54) is 12.1 Å². The van der Waals surface area contributed by atoms with E-state index < -0.39 is 6.36 Å². The summed E-state index contributed by atoms with van der Waals surface area (Å²) in [7, 11) is 0. The Bertz CT molecular complexity index is 608. The number of aromatic nitrogens is 3. The Morgan fingerprint density at radius 3 is 2.59 bits per heavy atom. The van der Waals surface area contributed by atoms with Crippen LogP contribution < -0.4 is 10.1 Å². The first-order chi connectivity index (χ1) is 10.3. The largest absolute Gasteiger partial charge is 0.573 e. The summed E-state index contributed by atoms with van der Waals surface area (Å²) in [6.07, 6.45) is -2.84. The minimum absolute atomic E-state index is 0.333. The molecule has 0 amide bonds. The number of hydrogen-bond donors (Lipinski definition) is 1. The van der Waals surface area contributed by atoms with Gasteiger partial charge < -0.3 is 10.1 Å². The van der Waals surface area contributed by atoms with Crippen molar-refractivity contribution < 1.29 is 17.9 Å². The van der Waals surface area contributed by atoms with Crippen LogP contribution in [0.2, 0.25) is 0 Å². The lowest BCUT2D eigenvalue weighted by Gasteiger charge is -2.10. The number of rotatable bonds is 6. The van der Waals surface area contributed by atoms with E-state index in [1.807, 2.05) is 24.6 Å². The average molecular weight is 314 g/mol. The van der Waals surface area contributed by atoms with E-state index in [4.69, 9.17) is 0 Å². The zero-order chi connectivity index (χ0) is 16.2. The van der Waals surface area contributed by atoms with Crippen LogP contribution in [0.25, 0.3) is 0 Å². The number of pyridine rings is 1. The van der Waals surface area contributed by atoms with Gasteiger partial charge in [0.2, 0.25) is 0 Å². The molecule has 0 aliphatic rings. The Hall–Kier alpha value is -2.25. The van der Waals surface area contributed by atoms with Crippen molar-refractivity contribution in [2.75, 3.05) is 11.9 Å². The maximum atomic E-state index is 12.0. The molecule has 8 heteroatoms. The quantitative estimate of drug-likeness (QED) is 0.831. The molecule has 2 aromatic rings. The number of nitrogens with zero attached hydrogens (tertiary/aromatic N) is 3. The van der Waals surface area contributed by atoms with Crippen LogP contribution in [0.15, 0.2) is 24.4 Å². The summed E-state index contributed by atoms with van der Waals surface area (Å²) in [4.78, 5) is 3.87. The minimum Gasteiger partial charge on any atom is -0.404 e. The molecule has 2 aromatic heterocycles. The molecule has 0 saturated carbocycles. The number of nitrogens with one attached hydrogen (secondary N) is 1. The van der Waals surface area contributed by atoms with Crippen molar-refractivity contribution in [3.05, 3.63) is 35.8 Å². The molecule has 0 aromatic carbocycles. The summed E-state index contributed by atoms with van der Waals surface area (Å²) in [6.45, 7) is 5.34. The SMILES string of the molecule is Cc1cc(C)n(CCCNc2ccc(OC(F)(F)F)cn2)n1. The monoisotopic (exact) mass is 314 g/mol. The number of ether oxygens (including phenoxy) is 1. The molecule has 1 N–H and O–H groups in total. The van der Waals surface area contributed by atoms with Crippen LogP contribution in [0.3, 0.4) is 0 Å². The van der Waals surface area contributed by atoms with Crippen LogP contribution in [0.4, 0.5) is 19.0 Å². The van der Waals surface area contributed by atoms with Crippen molar-refractivity contribution in [3.63, 3.8) is 0 Å². The Morgan fingerprint density at radius 2 is 2.05 bits per heavy atom. The second-order valence-electron chi connectivity index (χ2n) is 4.86. The normalized spacial score (nSPS) is 11.5. The Labute approximate surface area is 126 Å². The Balaban J connectivity index is 1.76. The number of hydrogen-bond acceptors (Lipinski definition) is 4. The number of alkyl halides is 3. The predicted octanol–water partition coefficient (Wildman–Crippen LogP) is 3.30. The standard InChI is InChI=1S/C14H17F3N4O/c1-10-8-11(2)21(20-10)7-3-6-18-13-5-4-12(9-19-13)22-14(15,16)17/h4-5,8-9H,3,6-7H2,1-2H3,(H,18,19). The van der Waals surface area contributed by atoms with Crippen molar-refractivity contribution in [1.82, 2.24) is 14.8 Å². The lowest BCUT2D eigenvalue weighted by molar-refractivity contribution is -0.274. The molecule has 0 spiro atoms. The smallest absolute Gasteiger partial charge is 0.404 e. The van der Waals surface area contributed by atoms with Gasteiger partial charge in [-0.25, -0.2) is 4.98 Å². The second kappa shape index (κ2) is 6.67. The average Bonchev–Trinajstić information content (AvgIpc) is 2.73. The first-order valence-electron chi connectivity index (χ1n) is 6.80. The van der Waals surface area contributed by atoms with Crippen LogP contribution in [0.1, 0.15) is 17.8 Å². The highest BCUT2D eigenvalue weighted by molar-refractivity contribution is 5.37. The van der Waals surface area contributed by atoms with Gasteiger partial charge in [0.1, 0.15) is 11.6 Å². The Kier molecular flexibility index (Phi) is 4.89. The molecule has 0 bridgehead atoms. The van der Waals surface area contributed by atoms with Gasteiger partial charge in [-0.15, -0.1) is 13.2 Å². The van der Waals surface area contributed by atoms with Crippen molar-refractivity contribution in [2.45, 2.75) is 33.2 Å². The van der Waals surface area contributed by atoms with E-state index in [9.17, 15) is 13.2 Å². The summed E-state index contributed by atoms with van der Waals surface area (Å²) in [5.74, 6) is 0.170. The molecule has 22 heavy (non-hydrogen) atoms. The topological polar surface area (TPSA) is 52.0 Å². The van der Waals surface area contributed by atoms with E-state index in [1.54, 1.807) is 0 Å². The number of aryl methyl sites for hydroxylation is 3. The first kappa shape index (κ1) is 16.1. The van der Waals surface area contributed by atoms with Gasteiger partial charge in [-0.1, -0.05) is 0 Å². The molecule has 0 aliphatic heterocycles. The van der Waals surface area contributed by atoms with E-state index >= 15 is 0 Å². The van der Waals surface area contributed by atoms with Crippen LogP contribution in [-0.2, 0) is 6.54 Å². The third-order valence-corrected chi connectivity index (χ3v) is 2.93. The maximum absolute atomic E-state index is 12.0. The lowest BCUT2D eigenvalue weighted by atomic mass is 10.3. The second-order valence-corrected chi connectivity index (χ2v) is 4.86. The summed E-state index contributed by atoms with van der Waals surface area (Å²) in [5.41, 5.74) is 2.08. The summed E-state index contributed by atoms with van der Waals surface area (Å²) in [5, 5.41) is 7.39.